The summed E-state index contributed by atoms with van der Waals surface area (Å²) in [4.78, 5) is 23.7. The van der Waals surface area contributed by atoms with Crippen molar-refractivity contribution in [2.45, 2.75) is 0 Å². The number of rotatable bonds is 4. The fourth-order valence-electron chi connectivity index (χ4n) is 1.85. The number of nitrogens with one attached hydrogen (secondary N) is 3. The number of methoxy groups -OCH3 is 1. The first kappa shape index (κ1) is 18.2. The van der Waals surface area contributed by atoms with Gasteiger partial charge in [0.1, 0.15) is 5.75 Å². The van der Waals surface area contributed by atoms with Gasteiger partial charge in [0, 0.05) is 11.6 Å². The fourth-order valence-corrected chi connectivity index (χ4v) is 2.00. The molecule has 2 aromatic rings. The van der Waals surface area contributed by atoms with E-state index in [4.69, 9.17) is 17.0 Å². The molecule has 7 heteroatoms. The molecule has 2 rings (SSSR count). The second kappa shape index (κ2) is 9.19. The molecule has 0 unspecified atom stereocenters. The number of carbonyl (C=O) groups excluding carboxylic acids is 2. The lowest BCUT2D eigenvalue weighted by Gasteiger charge is -2.10. The number of amides is 2. The quantitative estimate of drug-likeness (QED) is 0.444. The third-order valence-electron chi connectivity index (χ3n) is 3.11. The molecule has 0 spiro atoms. The SMILES string of the molecule is COc1ccc(C(=O)NNC(=S)NC(=O)C=Cc2ccccc2)cc1. The Bertz CT molecular complexity index is 774. The number of hydrogen-bond donors (Lipinski definition) is 3. The summed E-state index contributed by atoms with van der Waals surface area (Å²) >= 11 is 4.96. The van der Waals surface area contributed by atoms with Gasteiger partial charge in [0.2, 0.25) is 5.91 Å². The normalized spacial score (nSPS) is 10.1. The van der Waals surface area contributed by atoms with Gasteiger partial charge >= 0.3 is 0 Å². The predicted molar refractivity (Wildman–Crippen MR) is 99.8 cm³/mol. The standard InChI is InChI=1S/C18H17N3O3S/c1-24-15-10-8-14(9-11-15)17(23)20-21-18(25)19-16(22)12-7-13-5-3-2-4-6-13/h2-12H,1H3,(H,20,23)(H2,19,21,22,25). The van der Waals surface area contributed by atoms with Crippen LogP contribution in [0.25, 0.3) is 6.08 Å². The minimum absolute atomic E-state index is 0.00965. The second-order valence-corrected chi connectivity index (χ2v) is 5.28. The molecule has 0 aliphatic carbocycles. The molecule has 0 atom stereocenters. The van der Waals surface area contributed by atoms with Gasteiger partial charge in [0.05, 0.1) is 7.11 Å². The number of carbonyl (C=O) groups is 2. The topological polar surface area (TPSA) is 79.5 Å². The van der Waals surface area contributed by atoms with E-state index in [2.05, 4.69) is 16.2 Å². The summed E-state index contributed by atoms with van der Waals surface area (Å²) in [6.07, 6.45) is 3.02. The van der Waals surface area contributed by atoms with Crippen molar-refractivity contribution >= 4 is 35.2 Å². The smallest absolute Gasteiger partial charge is 0.269 e. The average molecular weight is 355 g/mol. The van der Waals surface area contributed by atoms with Crippen molar-refractivity contribution in [1.82, 2.24) is 16.2 Å². The van der Waals surface area contributed by atoms with Crippen molar-refractivity contribution in [2.75, 3.05) is 7.11 Å². The predicted octanol–water partition coefficient (Wildman–Crippen LogP) is 2.04. The molecule has 0 heterocycles. The van der Waals surface area contributed by atoms with Gasteiger partial charge in [-0.15, -0.1) is 0 Å². The molecule has 6 nitrogen and oxygen atoms in total. The van der Waals surface area contributed by atoms with Crippen molar-refractivity contribution in [3.8, 4) is 5.75 Å². The van der Waals surface area contributed by atoms with E-state index in [0.29, 0.717) is 11.3 Å². The molecule has 0 aliphatic rings. The molecule has 0 fully saturated rings. The minimum atomic E-state index is -0.403. The first-order valence-electron chi connectivity index (χ1n) is 7.37. The lowest BCUT2D eigenvalue weighted by molar-refractivity contribution is -0.115. The maximum Gasteiger partial charge on any atom is 0.269 e. The maximum absolute atomic E-state index is 11.9. The molecule has 2 aromatic carbocycles. The van der Waals surface area contributed by atoms with Gasteiger partial charge in [-0.1, -0.05) is 30.3 Å². The zero-order valence-electron chi connectivity index (χ0n) is 13.5. The molecular formula is C18H17N3O3S. The van der Waals surface area contributed by atoms with E-state index in [1.165, 1.54) is 6.08 Å². The number of hydrazine groups is 1. The zero-order chi connectivity index (χ0) is 18.1. The third-order valence-corrected chi connectivity index (χ3v) is 3.31. The summed E-state index contributed by atoms with van der Waals surface area (Å²) in [5.74, 6) is -0.142. The first-order valence-corrected chi connectivity index (χ1v) is 7.78. The van der Waals surface area contributed by atoms with Crippen LogP contribution in [0.15, 0.2) is 60.7 Å². The molecule has 0 radical (unpaired) electrons. The van der Waals surface area contributed by atoms with E-state index in [1.807, 2.05) is 30.3 Å². The minimum Gasteiger partial charge on any atom is -0.497 e. The molecule has 25 heavy (non-hydrogen) atoms. The fraction of sp³-hybridized carbons (Fsp3) is 0.0556. The lowest BCUT2D eigenvalue weighted by Crippen LogP contribution is -2.48. The number of thiocarbonyl (C=S) groups is 1. The highest BCUT2D eigenvalue weighted by Gasteiger charge is 2.06. The van der Waals surface area contributed by atoms with Crippen LogP contribution in [0.3, 0.4) is 0 Å². The summed E-state index contributed by atoms with van der Waals surface area (Å²) in [7, 11) is 1.55. The summed E-state index contributed by atoms with van der Waals surface area (Å²) < 4.78 is 5.02. The second-order valence-electron chi connectivity index (χ2n) is 4.87. The van der Waals surface area contributed by atoms with E-state index in [0.717, 1.165) is 5.56 Å². The van der Waals surface area contributed by atoms with E-state index < -0.39 is 5.91 Å². The lowest BCUT2D eigenvalue weighted by atomic mass is 10.2. The molecule has 3 N–H and O–H groups in total. The number of benzene rings is 2. The van der Waals surface area contributed by atoms with Gasteiger partial charge in [0.25, 0.3) is 5.91 Å². The molecule has 128 valence electrons. The van der Waals surface area contributed by atoms with Gasteiger partial charge < -0.3 is 4.74 Å². The van der Waals surface area contributed by atoms with Crippen LogP contribution in [0.4, 0.5) is 0 Å². The zero-order valence-corrected chi connectivity index (χ0v) is 14.3. The Labute approximate surface area is 150 Å². The summed E-state index contributed by atoms with van der Waals surface area (Å²) in [6.45, 7) is 0. The maximum atomic E-state index is 11.9. The highest BCUT2D eigenvalue weighted by atomic mass is 32.1. The van der Waals surface area contributed by atoms with E-state index in [1.54, 1.807) is 37.5 Å². The number of ether oxygens (including phenoxy) is 1. The summed E-state index contributed by atoms with van der Waals surface area (Å²) in [5.41, 5.74) is 6.19. The molecule has 0 aromatic heterocycles. The van der Waals surface area contributed by atoms with Gasteiger partial charge in [-0.25, -0.2) is 0 Å². The Hall–Kier alpha value is -3.19. The van der Waals surface area contributed by atoms with Crippen LogP contribution in [-0.4, -0.2) is 24.0 Å². The van der Waals surface area contributed by atoms with Crippen LogP contribution < -0.4 is 20.9 Å². The largest absolute Gasteiger partial charge is 0.497 e. The van der Waals surface area contributed by atoms with Crippen LogP contribution in [0.2, 0.25) is 0 Å². The van der Waals surface area contributed by atoms with E-state index in [9.17, 15) is 9.59 Å². The summed E-state index contributed by atoms with van der Waals surface area (Å²) in [6, 6.07) is 15.9. The van der Waals surface area contributed by atoms with Crippen LogP contribution in [0.5, 0.6) is 5.75 Å². The molecule has 0 bridgehead atoms. The van der Waals surface area contributed by atoms with Gasteiger partial charge in [0.15, 0.2) is 5.11 Å². The molecular weight excluding hydrogens is 338 g/mol. The van der Waals surface area contributed by atoms with Gasteiger partial charge in [-0.2, -0.15) is 0 Å². The van der Waals surface area contributed by atoms with Crippen molar-refractivity contribution in [3.05, 3.63) is 71.8 Å². The monoisotopic (exact) mass is 355 g/mol. The van der Waals surface area contributed by atoms with Gasteiger partial charge in [-0.3, -0.25) is 25.8 Å². The van der Waals surface area contributed by atoms with Crippen molar-refractivity contribution in [3.63, 3.8) is 0 Å². The molecule has 2 amide bonds. The highest BCUT2D eigenvalue weighted by Crippen LogP contribution is 2.10. The van der Waals surface area contributed by atoms with Crippen LogP contribution >= 0.6 is 12.2 Å². The Morgan fingerprint density at radius 1 is 1.00 bits per heavy atom. The Morgan fingerprint density at radius 3 is 2.32 bits per heavy atom. The van der Waals surface area contributed by atoms with Crippen molar-refractivity contribution in [1.29, 1.82) is 0 Å². The molecule has 0 saturated heterocycles. The molecule has 0 aliphatic heterocycles. The number of hydrogen-bond acceptors (Lipinski definition) is 4. The van der Waals surface area contributed by atoms with Crippen LogP contribution in [-0.2, 0) is 4.79 Å². The van der Waals surface area contributed by atoms with E-state index in [-0.39, 0.29) is 11.0 Å². The van der Waals surface area contributed by atoms with Crippen molar-refractivity contribution < 1.29 is 14.3 Å². The van der Waals surface area contributed by atoms with Crippen LogP contribution in [0, 0.1) is 0 Å². The third kappa shape index (κ3) is 6.08. The molecule has 0 saturated carbocycles. The highest BCUT2D eigenvalue weighted by molar-refractivity contribution is 7.80. The Morgan fingerprint density at radius 2 is 1.68 bits per heavy atom. The average Bonchev–Trinajstić information content (AvgIpc) is 2.65. The van der Waals surface area contributed by atoms with Gasteiger partial charge in [-0.05, 0) is 48.1 Å². The summed E-state index contributed by atoms with van der Waals surface area (Å²) in [5, 5.41) is 2.43. The Kier molecular flexibility index (Phi) is 6.67. The van der Waals surface area contributed by atoms with E-state index >= 15 is 0 Å². The van der Waals surface area contributed by atoms with Crippen molar-refractivity contribution in [2.24, 2.45) is 0 Å². The Balaban J connectivity index is 1.78. The first-order chi connectivity index (χ1) is 12.1. The van der Waals surface area contributed by atoms with Crippen LogP contribution in [0.1, 0.15) is 15.9 Å².